The van der Waals surface area contributed by atoms with Crippen LogP contribution in [-0.4, -0.2) is 16.1 Å². The van der Waals surface area contributed by atoms with Gasteiger partial charge in [0.1, 0.15) is 23.9 Å². The first kappa shape index (κ1) is 13.5. The minimum absolute atomic E-state index is 0.0561. The van der Waals surface area contributed by atoms with Gasteiger partial charge in [0.05, 0.1) is 10.2 Å². The molecule has 0 saturated carbocycles. The Labute approximate surface area is 117 Å². The van der Waals surface area contributed by atoms with Crippen molar-refractivity contribution < 1.29 is 19.0 Å². The van der Waals surface area contributed by atoms with Crippen LogP contribution in [0.3, 0.4) is 0 Å². The fourth-order valence-corrected chi connectivity index (χ4v) is 1.78. The van der Waals surface area contributed by atoms with Crippen LogP contribution in [-0.2, 0) is 6.61 Å². The first-order chi connectivity index (χ1) is 9.06. The molecule has 0 spiro atoms. The van der Waals surface area contributed by atoms with Crippen molar-refractivity contribution in [2.75, 3.05) is 0 Å². The molecule has 1 N–H and O–H groups in total. The van der Waals surface area contributed by atoms with Gasteiger partial charge in [-0.3, -0.25) is 0 Å². The number of carboxylic acids is 1. The normalized spacial score (nSPS) is 10.2. The second kappa shape index (κ2) is 5.79. The molecule has 0 aliphatic rings. The summed E-state index contributed by atoms with van der Waals surface area (Å²) < 4.78 is 19.1. The van der Waals surface area contributed by atoms with Crippen LogP contribution in [0.4, 0.5) is 4.39 Å². The van der Waals surface area contributed by atoms with Crippen LogP contribution < -0.4 is 4.74 Å². The van der Waals surface area contributed by atoms with Crippen LogP contribution in [0.5, 0.6) is 5.75 Å². The van der Waals surface area contributed by atoms with Crippen molar-refractivity contribution in [3.63, 3.8) is 0 Å². The van der Waals surface area contributed by atoms with E-state index in [9.17, 15) is 9.18 Å². The topological polar surface area (TPSA) is 59.4 Å². The van der Waals surface area contributed by atoms with Gasteiger partial charge in [-0.15, -0.1) is 0 Å². The molecular formula is C13H9BrFNO3. The van der Waals surface area contributed by atoms with E-state index in [4.69, 9.17) is 9.84 Å². The maximum atomic E-state index is 13.0. The zero-order chi connectivity index (χ0) is 13.8. The van der Waals surface area contributed by atoms with E-state index < -0.39 is 11.8 Å². The maximum Gasteiger partial charge on any atom is 0.354 e. The Kier molecular flexibility index (Phi) is 4.11. The lowest BCUT2D eigenvalue weighted by molar-refractivity contribution is 0.0690. The summed E-state index contributed by atoms with van der Waals surface area (Å²) in [6.45, 7) is 0.0587. The molecule has 0 atom stereocenters. The highest BCUT2D eigenvalue weighted by molar-refractivity contribution is 9.10. The van der Waals surface area contributed by atoms with Gasteiger partial charge < -0.3 is 9.84 Å². The van der Waals surface area contributed by atoms with Crippen LogP contribution in [0.1, 0.15) is 16.2 Å². The van der Waals surface area contributed by atoms with E-state index in [1.807, 2.05) is 0 Å². The van der Waals surface area contributed by atoms with Gasteiger partial charge in [0.15, 0.2) is 0 Å². The van der Waals surface area contributed by atoms with Crippen molar-refractivity contribution in [3.05, 3.63) is 58.1 Å². The summed E-state index contributed by atoms with van der Waals surface area (Å²) in [5.74, 6) is -1.18. The molecule has 0 amide bonds. The number of benzene rings is 1. The highest BCUT2D eigenvalue weighted by atomic mass is 79.9. The van der Waals surface area contributed by atoms with Crippen molar-refractivity contribution in [1.82, 2.24) is 4.98 Å². The number of aromatic nitrogens is 1. The second-order valence-electron chi connectivity index (χ2n) is 3.68. The summed E-state index contributed by atoms with van der Waals surface area (Å²) in [5.41, 5.74) is 0.399. The molecule has 2 aromatic rings. The SMILES string of the molecule is O=C(O)c1cccc(COc2cc(F)ccc2Br)n1. The van der Waals surface area contributed by atoms with Crippen LogP contribution in [0.2, 0.25) is 0 Å². The predicted octanol–water partition coefficient (Wildman–Crippen LogP) is 3.26. The highest BCUT2D eigenvalue weighted by Gasteiger charge is 2.07. The molecule has 2 rings (SSSR count). The van der Waals surface area contributed by atoms with Crippen molar-refractivity contribution in [2.24, 2.45) is 0 Å². The Hall–Kier alpha value is -1.95. The van der Waals surface area contributed by atoms with Crippen molar-refractivity contribution in [1.29, 1.82) is 0 Å². The van der Waals surface area contributed by atoms with E-state index in [0.717, 1.165) is 0 Å². The minimum atomic E-state index is -1.10. The molecule has 0 radical (unpaired) electrons. The molecule has 6 heteroatoms. The van der Waals surface area contributed by atoms with E-state index in [2.05, 4.69) is 20.9 Å². The third-order valence-corrected chi connectivity index (χ3v) is 2.95. The molecule has 0 bridgehead atoms. The Morgan fingerprint density at radius 1 is 1.37 bits per heavy atom. The zero-order valence-electron chi connectivity index (χ0n) is 9.64. The lowest BCUT2D eigenvalue weighted by Gasteiger charge is -2.08. The average molecular weight is 326 g/mol. The third kappa shape index (κ3) is 3.51. The van der Waals surface area contributed by atoms with E-state index in [1.54, 1.807) is 12.1 Å². The van der Waals surface area contributed by atoms with Gasteiger partial charge in [0, 0.05) is 6.07 Å². The number of nitrogens with zero attached hydrogens (tertiary/aromatic N) is 1. The van der Waals surface area contributed by atoms with E-state index in [1.165, 1.54) is 24.3 Å². The number of carbonyl (C=O) groups is 1. The summed E-state index contributed by atoms with van der Waals surface area (Å²) in [7, 11) is 0. The van der Waals surface area contributed by atoms with Crippen LogP contribution in [0, 0.1) is 5.82 Å². The van der Waals surface area contributed by atoms with Gasteiger partial charge in [-0.1, -0.05) is 6.07 Å². The molecule has 98 valence electrons. The van der Waals surface area contributed by atoms with Crippen molar-refractivity contribution in [3.8, 4) is 5.75 Å². The molecular weight excluding hydrogens is 317 g/mol. The quantitative estimate of drug-likeness (QED) is 0.937. The smallest absolute Gasteiger partial charge is 0.354 e. The summed E-state index contributed by atoms with van der Waals surface area (Å²) in [4.78, 5) is 14.7. The monoisotopic (exact) mass is 325 g/mol. The van der Waals surface area contributed by atoms with Gasteiger partial charge in [0.2, 0.25) is 0 Å². The van der Waals surface area contributed by atoms with Crippen LogP contribution in [0.15, 0.2) is 40.9 Å². The van der Waals surface area contributed by atoms with Gasteiger partial charge in [-0.05, 0) is 40.2 Å². The summed E-state index contributed by atoms with van der Waals surface area (Å²) in [5, 5.41) is 8.81. The van der Waals surface area contributed by atoms with Crippen LogP contribution in [0.25, 0.3) is 0 Å². The number of carboxylic acid groups (broad SMARTS) is 1. The minimum Gasteiger partial charge on any atom is -0.486 e. The van der Waals surface area contributed by atoms with Gasteiger partial charge in [-0.2, -0.15) is 0 Å². The number of pyridine rings is 1. The largest absolute Gasteiger partial charge is 0.486 e. The average Bonchev–Trinajstić information content (AvgIpc) is 2.40. The zero-order valence-corrected chi connectivity index (χ0v) is 11.2. The summed E-state index contributed by atoms with van der Waals surface area (Å²) in [6.07, 6.45) is 0. The Balaban J connectivity index is 2.12. The lowest BCUT2D eigenvalue weighted by Crippen LogP contribution is -2.05. The molecule has 0 aliphatic carbocycles. The van der Waals surface area contributed by atoms with Crippen molar-refractivity contribution >= 4 is 21.9 Å². The maximum absolute atomic E-state index is 13.0. The number of hydrogen-bond donors (Lipinski definition) is 1. The van der Waals surface area contributed by atoms with Gasteiger partial charge >= 0.3 is 5.97 Å². The predicted molar refractivity (Wildman–Crippen MR) is 69.6 cm³/mol. The molecule has 0 saturated heterocycles. The van der Waals surface area contributed by atoms with Crippen LogP contribution >= 0.6 is 15.9 Å². The number of aromatic carboxylic acids is 1. The number of halogens is 2. The molecule has 1 heterocycles. The molecule has 19 heavy (non-hydrogen) atoms. The lowest BCUT2D eigenvalue weighted by atomic mass is 10.3. The Bertz CT molecular complexity index is 619. The summed E-state index contributed by atoms with van der Waals surface area (Å²) >= 11 is 3.24. The first-order valence-electron chi connectivity index (χ1n) is 5.33. The fraction of sp³-hybridized carbons (Fsp3) is 0.0769. The molecule has 4 nitrogen and oxygen atoms in total. The molecule has 0 unspecified atom stereocenters. The standard InChI is InChI=1S/C13H9BrFNO3/c14-10-5-4-8(15)6-12(10)19-7-9-2-1-3-11(16-9)13(17)18/h1-6H,7H2,(H,17,18). The Morgan fingerprint density at radius 3 is 2.89 bits per heavy atom. The number of rotatable bonds is 4. The second-order valence-corrected chi connectivity index (χ2v) is 4.54. The van der Waals surface area contributed by atoms with E-state index >= 15 is 0 Å². The van der Waals surface area contributed by atoms with E-state index in [0.29, 0.717) is 15.9 Å². The molecule has 0 fully saturated rings. The molecule has 1 aromatic heterocycles. The highest BCUT2D eigenvalue weighted by Crippen LogP contribution is 2.26. The van der Waals surface area contributed by atoms with Gasteiger partial charge in [-0.25, -0.2) is 14.2 Å². The molecule has 1 aromatic carbocycles. The molecule has 0 aliphatic heterocycles. The van der Waals surface area contributed by atoms with Crippen molar-refractivity contribution in [2.45, 2.75) is 6.61 Å². The Morgan fingerprint density at radius 2 is 2.16 bits per heavy atom. The fourth-order valence-electron chi connectivity index (χ4n) is 1.42. The van der Waals surface area contributed by atoms with E-state index in [-0.39, 0.29) is 12.3 Å². The number of ether oxygens (including phenoxy) is 1. The number of hydrogen-bond acceptors (Lipinski definition) is 3. The third-order valence-electron chi connectivity index (χ3n) is 2.29. The first-order valence-corrected chi connectivity index (χ1v) is 6.12. The van der Waals surface area contributed by atoms with Gasteiger partial charge in [0.25, 0.3) is 0 Å². The summed E-state index contributed by atoms with van der Waals surface area (Å²) in [6, 6.07) is 8.69.